The number of ether oxygens (including phenoxy) is 1. The molecule has 3 heteroatoms. The minimum Gasteiger partial charge on any atom is -0.469 e. The number of hydrogen-bond donors (Lipinski definition) is 0. The molecule has 3 nitrogen and oxygen atoms in total. The van der Waals surface area contributed by atoms with Gasteiger partial charge >= 0.3 is 5.97 Å². The molecule has 0 unspecified atom stereocenters. The molecule has 0 spiro atoms. The largest absolute Gasteiger partial charge is 0.469 e. The van der Waals surface area contributed by atoms with Crippen molar-refractivity contribution < 1.29 is 9.53 Å². The number of methoxy groups -OCH3 is 1. The highest BCUT2D eigenvalue weighted by Crippen LogP contribution is 2.42. The molecule has 162 valence electrons. The Morgan fingerprint density at radius 2 is 1.29 bits per heavy atom. The van der Waals surface area contributed by atoms with Crippen molar-refractivity contribution in [3.8, 4) is 0 Å². The van der Waals surface area contributed by atoms with Gasteiger partial charge in [-0.05, 0) is 28.2 Å². The lowest BCUT2D eigenvalue weighted by Gasteiger charge is -2.35. The average Bonchev–Trinajstić information content (AvgIpc) is 2.77. The highest BCUT2D eigenvalue weighted by Gasteiger charge is 2.31. The van der Waals surface area contributed by atoms with Crippen molar-refractivity contribution in [1.82, 2.24) is 0 Å². The van der Waals surface area contributed by atoms with E-state index in [1.807, 2.05) is 12.1 Å². The van der Waals surface area contributed by atoms with E-state index in [9.17, 15) is 4.79 Å². The van der Waals surface area contributed by atoms with Crippen LogP contribution in [0.1, 0.15) is 49.8 Å². The van der Waals surface area contributed by atoms with Crippen LogP contribution in [0.4, 0.5) is 5.69 Å². The van der Waals surface area contributed by atoms with Gasteiger partial charge in [-0.15, -0.1) is 0 Å². The first-order chi connectivity index (χ1) is 14.9. The maximum absolute atomic E-state index is 12.3. The lowest BCUT2D eigenvalue weighted by molar-refractivity contribution is -0.141. The quantitative estimate of drug-likeness (QED) is 0.389. The third-order valence-corrected chi connectivity index (χ3v) is 5.73. The van der Waals surface area contributed by atoms with Crippen molar-refractivity contribution in [2.75, 3.05) is 12.0 Å². The molecule has 0 saturated carbocycles. The number of benzene rings is 3. The van der Waals surface area contributed by atoms with Crippen molar-refractivity contribution in [3.63, 3.8) is 0 Å². The van der Waals surface area contributed by atoms with Crippen LogP contribution in [0.15, 0.2) is 84.9 Å². The highest BCUT2D eigenvalue weighted by molar-refractivity contribution is 5.71. The molecular formula is C28H33NO2. The van der Waals surface area contributed by atoms with Gasteiger partial charge < -0.3 is 9.64 Å². The molecule has 0 aliphatic heterocycles. The molecule has 0 aliphatic rings. The molecule has 0 aromatic heterocycles. The Kier molecular flexibility index (Phi) is 7.51. The second-order valence-corrected chi connectivity index (χ2v) is 9.08. The Morgan fingerprint density at radius 1 is 0.806 bits per heavy atom. The van der Waals surface area contributed by atoms with Gasteiger partial charge in [0.15, 0.2) is 0 Å². The summed E-state index contributed by atoms with van der Waals surface area (Å²) in [5.74, 6) is -0.127. The third kappa shape index (κ3) is 6.21. The maximum Gasteiger partial charge on any atom is 0.306 e. The predicted molar refractivity (Wildman–Crippen MR) is 128 cm³/mol. The fraction of sp³-hybridized carbons (Fsp3) is 0.321. The first-order valence-corrected chi connectivity index (χ1v) is 10.9. The molecule has 31 heavy (non-hydrogen) atoms. The van der Waals surface area contributed by atoms with E-state index in [2.05, 4.69) is 98.5 Å². The van der Waals surface area contributed by atoms with Crippen molar-refractivity contribution in [1.29, 1.82) is 0 Å². The standard InChI is InChI=1S/C28H33NO2/c1-28(2,3)25(19-27(30)31-4)24-17-11-12-18-26(24)29(20-22-13-7-5-8-14-22)21-23-15-9-6-10-16-23/h5-18,25H,19-21H2,1-4H3/t25-/m1/s1. The van der Waals surface area contributed by atoms with Gasteiger partial charge in [-0.3, -0.25) is 4.79 Å². The van der Waals surface area contributed by atoms with E-state index in [-0.39, 0.29) is 17.3 Å². The van der Waals surface area contributed by atoms with Crippen LogP contribution in [0, 0.1) is 5.41 Å². The fourth-order valence-electron chi connectivity index (χ4n) is 4.04. The fourth-order valence-corrected chi connectivity index (χ4v) is 4.04. The van der Waals surface area contributed by atoms with Crippen LogP contribution in [0.2, 0.25) is 0 Å². The first kappa shape index (κ1) is 22.6. The SMILES string of the molecule is COC(=O)C[C@H](c1ccccc1N(Cc1ccccc1)Cc1ccccc1)C(C)(C)C. The number of carbonyl (C=O) groups excluding carboxylic acids is 1. The normalized spacial score (nSPS) is 12.3. The van der Waals surface area contributed by atoms with Crippen molar-refractivity contribution >= 4 is 11.7 Å². The number of anilines is 1. The van der Waals surface area contributed by atoms with E-state index in [0.717, 1.165) is 13.1 Å². The Bertz CT molecular complexity index is 920. The zero-order valence-corrected chi connectivity index (χ0v) is 19.0. The number of para-hydroxylation sites is 1. The molecule has 0 fully saturated rings. The number of rotatable bonds is 8. The zero-order valence-electron chi connectivity index (χ0n) is 19.0. The second-order valence-electron chi connectivity index (χ2n) is 9.08. The van der Waals surface area contributed by atoms with E-state index in [1.165, 1.54) is 29.5 Å². The number of esters is 1. The third-order valence-electron chi connectivity index (χ3n) is 5.73. The van der Waals surface area contributed by atoms with Gasteiger partial charge in [-0.1, -0.05) is 99.6 Å². The molecule has 1 atom stereocenters. The number of nitrogens with zero attached hydrogens (tertiary/aromatic N) is 1. The van der Waals surface area contributed by atoms with E-state index in [4.69, 9.17) is 4.74 Å². The van der Waals surface area contributed by atoms with E-state index in [0.29, 0.717) is 6.42 Å². The monoisotopic (exact) mass is 415 g/mol. The summed E-state index contributed by atoms with van der Waals surface area (Å²) in [4.78, 5) is 14.7. The van der Waals surface area contributed by atoms with Gasteiger partial charge in [0.1, 0.15) is 0 Å². The molecule has 0 N–H and O–H groups in total. The minimum absolute atomic E-state index is 0.0465. The Morgan fingerprint density at radius 3 is 1.77 bits per heavy atom. The molecule has 0 aliphatic carbocycles. The van der Waals surface area contributed by atoms with E-state index < -0.39 is 0 Å². The summed E-state index contributed by atoms with van der Waals surface area (Å²) in [6.07, 6.45) is 0.363. The topological polar surface area (TPSA) is 29.5 Å². The van der Waals surface area contributed by atoms with Crippen molar-refractivity contribution in [2.45, 2.75) is 46.2 Å². The molecule has 3 aromatic rings. The van der Waals surface area contributed by atoms with Crippen LogP contribution in [-0.4, -0.2) is 13.1 Å². The van der Waals surface area contributed by atoms with E-state index >= 15 is 0 Å². The zero-order chi connectivity index (χ0) is 22.3. The molecule has 3 aromatic carbocycles. The Balaban J connectivity index is 2.04. The van der Waals surface area contributed by atoms with Crippen LogP contribution >= 0.6 is 0 Å². The van der Waals surface area contributed by atoms with Crippen molar-refractivity contribution in [3.05, 3.63) is 102 Å². The Hall–Kier alpha value is -3.07. The van der Waals surface area contributed by atoms with Gasteiger partial charge in [0, 0.05) is 24.7 Å². The van der Waals surface area contributed by atoms with E-state index in [1.54, 1.807) is 0 Å². The van der Waals surface area contributed by atoms with Crippen molar-refractivity contribution in [2.24, 2.45) is 5.41 Å². The number of hydrogen-bond acceptors (Lipinski definition) is 3. The van der Waals surface area contributed by atoms with Gasteiger partial charge in [0.05, 0.1) is 13.5 Å². The van der Waals surface area contributed by atoms with Gasteiger partial charge in [0.25, 0.3) is 0 Å². The summed E-state index contributed by atoms with van der Waals surface area (Å²) in [6.45, 7) is 8.16. The van der Waals surface area contributed by atoms with Gasteiger partial charge in [-0.25, -0.2) is 0 Å². The summed E-state index contributed by atoms with van der Waals surface area (Å²) in [7, 11) is 1.46. The van der Waals surface area contributed by atoms with Crippen LogP contribution in [0.5, 0.6) is 0 Å². The highest BCUT2D eigenvalue weighted by atomic mass is 16.5. The Labute approximate surface area is 186 Å². The second kappa shape index (κ2) is 10.3. The van der Waals surface area contributed by atoms with Crippen LogP contribution in [0.3, 0.4) is 0 Å². The van der Waals surface area contributed by atoms with Crippen LogP contribution in [0.25, 0.3) is 0 Å². The van der Waals surface area contributed by atoms with Crippen LogP contribution < -0.4 is 4.90 Å². The summed E-state index contributed by atoms with van der Waals surface area (Å²) in [5.41, 5.74) is 4.78. The molecule has 0 bridgehead atoms. The summed E-state index contributed by atoms with van der Waals surface area (Å²) >= 11 is 0. The molecule has 3 rings (SSSR count). The predicted octanol–water partition coefficient (Wildman–Crippen LogP) is 6.59. The molecule has 0 heterocycles. The van der Waals surface area contributed by atoms with Crippen LogP contribution in [-0.2, 0) is 22.6 Å². The molecular weight excluding hydrogens is 382 g/mol. The lowest BCUT2D eigenvalue weighted by atomic mass is 9.74. The summed E-state index contributed by atoms with van der Waals surface area (Å²) in [6, 6.07) is 29.6. The first-order valence-electron chi connectivity index (χ1n) is 10.9. The summed E-state index contributed by atoms with van der Waals surface area (Å²) in [5, 5.41) is 0. The summed E-state index contributed by atoms with van der Waals surface area (Å²) < 4.78 is 5.04. The molecule has 0 amide bonds. The molecule has 0 saturated heterocycles. The molecule has 0 radical (unpaired) electrons. The van der Waals surface area contributed by atoms with Gasteiger partial charge in [0.2, 0.25) is 0 Å². The van der Waals surface area contributed by atoms with Gasteiger partial charge in [-0.2, -0.15) is 0 Å². The average molecular weight is 416 g/mol. The maximum atomic E-state index is 12.3. The smallest absolute Gasteiger partial charge is 0.306 e. The minimum atomic E-state index is -0.174. The lowest BCUT2D eigenvalue weighted by Crippen LogP contribution is -2.27. The number of carbonyl (C=O) groups is 1.